The molecule has 7 heteroatoms. The van der Waals surface area contributed by atoms with Crippen LogP contribution in [-0.4, -0.2) is 20.4 Å². The van der Waals surface area contributed by atoms with Crippen molar-refractivity contribution in [3.63, 3.8) is 0 Å². The van der Waals surface area contributed by atoms with E-state index in [-0.39, 0.29) is 22.9 Å². The van der Waals surface area contributed by atoms with Gasteiger partial charge in [-0.1, -0.05) is 0 Å². The van der Waals surface area contributed by atoms with Gasteiger partial charge in [0.2, 0.25) is 11.6 Å². The van der Waals surface area contributed by atoms with Crippen molar-refractivity contribution in [2.45, 2.75) is 26.3 Å². The first-order chi connectivity index (χ1) is 6.81. The molecule has 7 nitrogen and oxygen atoms in total. The molecule has 1 rings (SSSR count). The van der Waals surface area contributed by atoms with Crippen LogP contribution < -0.4 is 11.1 Å². The maximum Gasteiger partial charge on any atom is 0.353 e. The fraction of sp³-hybridized carbons (Fsp3) is 0.500. The Labute approximate surface area is 86.9 Å². The molecule has 0 fully saturated rings. The van der Waals surface area contributed by atoms with Crippen LogP contribution in [0.15, 0.2) is 6.33 Å². The van der Waals surface area contributed by atoms with Gasteiger partial charge in [0.25, 0.3) is 0 Å². The van der Waals surface area contributed by atoms with Crippen LogP contribution in [0.1, 0.15) is 20.8 Å². The second-order valence-corrected chi connectivity index (χ2v) is 4.09. The largest absolute Gasteiger partial charge is 0.378 e. The van der Waals surface area contributed by atoms with E-state index >= 15 is 0 Å². The SMILES string of the molecule is CC(C)(C)Nc1ncnc(N)c1[N+](=O)[O-]. The normalized spacial score (nSPS) is 11.1. The summed E-state index contributed by atoms with van der Waals surface area (Å²) >= 11 is 0. The van der Waals surface area contributed by atoms with Gasteiger partial charge in [-0.25, -0.2) is 9.97 Å². The first-order valence-electron chi connectivity index (χ1n) is 4.34. The lowest BCUT2D eigenvalue weighted by atomic mass is 10.1. The lowest BCUT2D eigenvalue weighted by molar-refractivity contribution is -0.383. The second kappa shape index (κ2) is 3.68. The molecule has 1 heterocycles. The zero-order chi connectivity index (χ0) is 11.6. The molecule has 82 valence electrons. The van der Waals surface area contributed by atoms with Crippen LogP contribution in [0.2, 0.25) is 0 Å². The highest BCUT2D eigenvalue weighted by atomic mass is 16.6. The molecule has 0 radical (unpaired) electrons. The van der Waals surface area contributed by atoms with E-state index in [1.54, 1.807) is 0 Å². The van der Waals surface area contributed by atoms with E-state index in [2.05, 4.69) is 15.3 Å². The summed E-state index contributed by atoms with van der Waals surface area (Å²) in [5.74, 6) is 0.00162. The number of nitrogens with two attached hydrogens (primary N) is 1. The van der Waals surface area contributed by atoms with Gasteiger partial charge in [0.05, 0.1) is 4.92 Å². The minimum atomic E-state index is -0.594. The molecule has 15 heavy (non-hydrogen) atoms. The van der Waals surface area contributed by atoms with Crippen LogP contribution in [0.3, 0.4) is 0 Å². The summed E-state index contributed by atoms with van der Waals surface area (Å²) in [5.41, 5.74) is 4.80. The van der Waals surface area contributed by atoms with Gasteiger partial charge in [0.15, 0.2) is 0 Å². The fourth-order valence-corrected chi connectivity index (χ4v) is 1.02. The van der Waals surface area contributed by atoms with Gasteiger partial charge >= 0.3 is 5.69 Å². The summed E-state index contributed by atoms with van der Waals surface area (Å²) in [6, 6.07) is 0. The third kappa shape index (κ3) is 2.76. The molecule has 0 amide bonds. The Morgan fingerprint density at radius 3 is 2.53 bits per heavy atom. The Kier molecular flexibility index (Phi) is 2.74. The Morgan fingerprint density at radius 1 is 1.47 bits per heavy atom. The number of aromatic nitrogens is 2. The third-order valence-corrected chi connectivity index (χ3v) is 1.53. The summed E-state index contributed by atoms with van der Waals surface area (Å²) in [6.45, 7) is 5.61. The van der Waals surface area contributed by atoms with E-state index in [9.17, 15) is 10.1 Å². The zero-order valence-electron chi connectivity index (χ0n) is 8.81. The molecule has 1 aromatic heterocycles. The van der Waals surface area contributed by atoms with Crippen LogP contribution in [-0.2, 0) is 0 Å². The van der Waals surface area contributed by atoms with Crippen molar-refractivity contribution in [2.75, 3.05) is 11.1 Å². The number of hydrogen-bond acceptors (Lipinski definition) is 6. The van der Waals surface area contributed by atoms with Crippen LogP contribution in [0, 0.1) is 10.1 Å². The molecule has 0 bridgehead atoms. The molecule has 0 atom stereocenters. The van der Waals surface area contributed by atoms with Gasteiger partial charge in [-0.15, -0.1) is 0 Å². The van der Waals surface area contributed by atoms with E-state index in [1.165, 1.54) is 6.33 Å². The molecule has 0 unspecified atom stereocenters. The van der Waals surface area contributed by atoms with Crippen molar-refractivity contribution >= 4 is 17.3 Å². The molecular formula is C8H13N5O2. The second-order valence-electron chi connectivity index (χ2n) is 4.09. The summed E-state index contributed by atoms with van der Waals surface area (Å²) in [7, 11) is 0. The molecule has 0 aliphatic heterocycles. The van der Waals surface area contributed by atoms with Crippen LogP contribution in [0.25, 0.3) is 0 Å². The van der Waals surface area contributed by atoms with Gasteiger partial charge in [-0.3, -0.25) is 10.1 Å². The average Bonchev–Trinajstić information content (AvgIpc) is 1.99. The van der Waals surface area contributed by atoms with E-state index in [0.29, 0.717) is 0 Å². The van der Waals surface area contributed by atoms with Crippen molar-refractivity contribution in [2.24, 2.45) is 0 Å². The van der Waals surface area contributed by atoms with Gasteiger partial charge < -0.3 is 11.1 Å². The van der Waals surface area contributed by atoms with E-state index < -0.39 is 4.92 Å². The number of nitrogens with one attached hydrogen (secondary N) is 1. The number of anilines is 2. The smallest absolute Gasteiger partial charge is 0.353 e. The Hall–Kier alpha value is -1.92. The number of hydrogen-bond donors (Lipinski definition) is 2. The number of nitrogen functional groups attached to an aromatic ring is 1. The van der Waals surface area contributed by atoms with Crippen molar-refractivity contribution in [3.05, 3.63) is 16.4 Å². The van der Waals surface area contributed by atoms with Crippen molar-refractivity contribution in [3.8, 4) is 0 Å². The first kappa shape index (κ1) is 11.2. The van der Waals surface area contributed by atoms with Gasteiger partial charge in [0, 0.05) is 5.54 Å². The average molecular weight is 211 g/mol. The summed E-state index contributed by atoms with van der Waals surface area (Å²) in [5, 5.41) is 13.6. The Bertz CT molecular complexity index is 385. The van der Waals surface area contributed by atoms with Gasteiger partial charge in [-0.05, 0) is 20.8 Å². The fourth-order valence-electron chi connectivity index (χ4n) is 1.02. The summed E-state index contributed by atoms with van der Waals surface area (Å²) < 4.78 is 0. The topological polar surface area (TPSA) is 107 Å². The van der Waals surface area contributed by atoms with Crippen molar-refractivity contribution < 1.29 is 4.92 Å². The predicted molar refractivity (Wildman–Crippen MR) is 56.5 cm³/mol. The molecule has 3 N–H and O–H groups in total. The van der Waals surface area contributed by atoms with Crippen molar-refractivity contribution in [1.29, 1.82) is 0 Å². The lowest BCUT2D eigenvalue weighted by Gasteiger charge is -2.20. The summed E-state index contributed by atoms with van der Waals surface area (Å²) in [4.78, 5) is 17.5. The van der Waals surface area contributed by atoms with Crippen LogP contribution in [0.4, 0.5) is 17.3 Å². The molecule has 0 spiro atoms. The van der Waals surface area contributed by atoms with E-state index in [0.717, 1.165) is 0 Å². The minimum Gasteiger partial charge on any atom is -0.378 e. The highest BCUT2D eigenvalue weighted by Gasteiger charge is 2.23. The lowest BCUT2D eigenvalue weighted by Crippen LogP contribution is -2.27. The monoisotopic (exact) mass is 211 g/mol. The summed E-state index contributed by atoms with van der Waals surface area (Å²) in [6.07, 6.45) is 1.19. The maximum absolute atomic E-state index is 10.7. The van der Waals surface area contributed by atoms with Gasteiger partial charge in [0.1, 0.15) is 6.33 Å². The zero-order valence-corrected chi connectivity index (χ0v) is 8.81. The minimum absolute atomic E-state index is 0.137. The number of nitrogens with zero attached hydrogens (tertiary/aromatic N) is 3. The molecule has 0 saturated heterocycles. The number of nitro groups is 1. The molecule has 0 aromatic carbocycles. The van der Waals surface area contributed by atoms with Gasteiger partial charge in [-0.2, -0.15) is 0 Å². The molecular weight excluding hydrogens is 198 g/mol. The van der Waals surface area contributed by atoms with Crippen LogP contribution in [0.5, 0.6) is 0 Å². The quantitative estimate of drug-likeness (QED) is 0.561. The Morgan fingerprint density at radius 2 is 2.07 bits per heavy atom. The molecule has 1 aromatic rings. The maximum atomic E-state index is 10.7. The van der Waals surface area contributed by atoms with Crippen LogP contribution >= 0.6 is 0 Å². The highest BCUT2D eigenvalue weighted by molar-refractivity contribution is 5.67. The van der Waals surface area contributed by atoms with Crippen molar-refractivity contribution in [1.82, 2.24) is 9.97 Å². The highest BCUT2D eigenvalue weighted by Crippen LogP contribution is 2.28. The molecule has 0 aliphatic rings. The molecule has 0 saturated carbocycles. The van der Waals surface area contributed by atoms with E-state index in [1.807, 2.05) is 20.8 Å². The third-order valence-electron chi connectivity index (χ3n) is 1.53. The molecule has 0 aliphatic carbocycles. The van der Waals surface area contributed by atoms with E-state index in [4.69, 9.17) is 5.73 Å². The Balaban J connectivity index is 3.18. The number of rotatable bonds is 2. The first-order valence-corrected chi connectivity index (χ1v) is 4.34. The standard InChI is InChI=1S/C8H13N5O2/c1-8(2,3)12-7-5(13(14)15)6(9)10-4-11-7/h4H,1-3H3,(H3,9,10,11,12). The predicted octanol–water partition coefficient (Wildman–Crippen LogP) is 1.18.